The summed E-state index contributed by atoms with van der Waals surface area (Å²) in [4.78, 5) is 2.06. The van der Waals surface area contributed by atoms with Gasteiger partial charge < -0.3 is 13.8 Å². The van der Waals surface area contributed by atoms with Crippen LogP contribution < -0.4 is 4.90 Å². The number of rotatable bonds is 4. The zero-order valence-electron chi connectivity index (χ0n) is 13.3. The van der Waals surface area contributed by atoms with Crippen LogP contribution in [0, 0.1) is 13.8 Å². The lowest BCUT2D eigenvalue weighted by molar-refractivity contribution is 0.366. The Morgan fingerprint density at radius 3 is 2.35 bits per heavy atom. The maximum absolute atomic E-state index is 12.7. The van der Waals surface area contributed by atoms with Gasteiger partial charge in [-0.05, 0) is 13.8 Å². The van der Waals surface area contributed by atoms with Gasteiger partial charge in [-0.25, -0.2) is 8.42 Å². The van der Waals surface area contributed by atoms with E-state index in [9.17, 15) is 8.42 Å². The highest BCUT2D eigenvalue weighted by Crippen LogP contribution is 2.25. The van der Waals surface area contributed by atoms with Gasteiger partial charge in [0.05, 0.1) is 0 Å². The number of piperazine rings is 1. The van der Waals surface area contributed by atoms with Gasteiger partial charge >= 0.3 is 6.01 Å². The normalized spacial score (nSPS) is 16.9. The zero-order chi connectivity index (χ0) is 16.6. The largest absolute Gasteiger partial charge is 0.408 e. The Bertz CT molecular complexity index is 770. The Hall–Kier alpha value is -1.94. The van der Waals surface area contributed by atoms with Gasteiger partial charge in [0.2, 0.25) is 15.9 Å². The molecular formula is C13H19N5O4S. The summed E-state index contributed by atoms with van der Waals surface area (Å²) in [7, 11) is -3.60. The molecule has 0 radical (unpaired) electrons. The minimum absolute atomic E-state index is 0.164. The van der Waals surface area contributed by atoms with Gasteiger partial charge in [0, 0.05) is 32.6 Å². The van der Waals surface area contributed by atoms with E-state index in [1.807, 2.05) is 11.8 Å². The number of anilines is 1. The predicted octanol–water partition coefficient (Wildman–Crippen LogP) is 0.748. The lowest BCUT2D eigenvalue weighted by atomic mass is 10.4. The van der Waals surface area contributed by atoms with E-state index < -0.39 is 10.0 Å². The lowest BCUT2D eigenvalue weighted by Gasteiger charge is -2.32. The third-order valence-corrected chi connectivity index (χ3v) is 5.98. The fourth-order valence-electron chi connectivity index (χ4n) is 2.61. The van der Waals surface area contributed by atoms with Crippen molar-refractivity contribution >= 4 is 16.0 Å². The molecule has 10 heteroatoms. The molecule has 23 heavy (non-hydrogen) atoms. The van der Waals surface area contributed by atoms with Crippen LogP contribution >= 0.6 is 0 Å². The van der Waals surface area contributed by atoms with Crippen molar-refractivity contribution in [2.45, 2.75) is 32.1 Å². The number of sulfonamides is 1. The molecule has 9 nitrogen and oxygen atoms in total. The molecule has 1 aliphatic rings. The van der Waals surface area contributed by atoms with E-state index in [0.717, 1.165) is 0 Å². The molecule has 0 bridgehead atoms. The fourth-order valence-corrected chi connectivity index (χ4v) is 4.32. The molecule has 1 aliphatic heterocycles. The number of aryl methyl sites for hydroxylation is 3. The summed E-state index contributed by atoms with van der Waals surface area (Å²) in [5.74, 6) is 0.889. The first kappa shape index (κ1) is 15.9. The van der Waals surface area contributed by atoms with Crippen molar-refractivity contribution < 1.29 is 17.4 Å². The van der Waals surface area contributed by atoms with Crippen LogP contribution in [-0.2, 0) is 16.4 Å². The molecule has 1 saturated heterocycles. The fraction of sp³-hybridized carbons (Fsp3) is 0.615. The molecule has 0 atom stereocenters. The quantitative estimate of drug-likeness (QED) is 0.802. The first-order chi connectivity index (χ1) is 10.9. The summed E-state index contributed by atoms with van der Waals surface area (Å²) in [6, 6.07) is 0.441. The van der Waals surface area contributed by atoms with E-state index >= 15 is 0 Å². The third-order valence-electron chi connectivity index (χ3n) is 3.83. The summed E-state index contributed by atoms with van der Waals surface area (Å²) in [5.41, 5.74) is 0.384. The van der Waals surface area contributed by atoms with Crippen LogP contribution in [0.4, 0.5) is 6.01 Å². The van der Waals surface area contributed by atoms with Crippen LogP contribution in [0.15, 0.2) is 13.8 Å². The molecule has 0 amide bonds. The Labute approximate surface area is 134 Å². The molecule has 0 aromatic carbocycles. The Balaban J connectivity index is 1.73. The van der Waals surface area contributed by atoms with Crippen molar-refractivity contribution in [1.29, 1.82) is 0 Å². The molecule has 2 aromatic rings. The van der Waals surface area contributed by atoms with Crippen LogP contribution in [-0.4, -0.2) is 54.3 Å². The molecule has 126 valence electrons. The smallest absolute Gasteiger partial charge is 0.318 e. The molecule has 3 rings (SSSR count). The highest BCUT2D eigenvalue weighted by molar-refractivity contribution is 7.89. The molecule has 0 aliphatic carbocycles. The first-order valence-electron chi connectivity index (χ1n) is 7.43. The van der Waals surface area contributed by atoms with E-state index in [0.29, 0.717) is 56.0 Å². The van der Waals surface area contributed by atoms with Gasteiger partial charge in [0.25, 0.3) is 0 Å². The number of hydrogen-bond acceptors (Lipinski definition) is 8. The highest BCUT2D eigenvalue weighted by atomic mass is 32.2. The second kappa shape index (κ2) is 5.93. The average molecular weight is 341 g/mol. The Morgan fingerprint density at radius 1 is 1.13 bits per heavy atom. The van der Waals surface area contributed by atoms with Crippen LogP contribution in [0.5, 0.6) is 0 Å². The summed E-state index contributed by atoms with van der Waals surface area (Å²) in [6.45, 7) is 6.85. The summed E-state index contributed by atoms with van der Waals surface area (Å²) < 4.78 is 37.4. The van der Waals surface area contributed by atoms with Crippen molar-refractivity contribution in [2.24, 2.45) is 0 Å². The summed E-state index contributed by atoms with van der Waals surface area (Å²) in [6.07, 6.45) is 0.674. The molecule has 3 heterocycles. The number of aromatic nitrogens is 3. The molecule has 1 fully saturated rings. The van der Waals surface area contributed by atoms with Crippen molar-refractivity contribution in [3.63, 3.8) is 0 Å². The van der Waals surface area contributed by atoms with Crippen molar-refractivity contribution in [2.75, 3.05) is 31.1 Å². The predicted molar refractivity (Wildman–Crippen MR) is 80.6 cm³/mol. The summed E-state index contributed by atoms with van der Waals surface area (Å²) in [5, 5.41) is 11.7. The van der Waals surface area contributed by atoms with Gasteiger partial charge in [0.15, 0.2) is 5.76 Å². The number of hydrogen-bond donors (Lipinski definition) is 0. The van der Waals surface area contributed by atoms with Gasteiger partial charge in [-0.3, -0.25) is 0 Å². The SMILES string of the molecule is CCc1nnc(N2CCN(S(=O)(=O)c3c(C)noc3C)CC2)o1. The Morgan fingerprint density at radius 2 is 1.83 bits per heavy atom. The second-order valence-electron chi connectivity index (χ2n) is 5.38. The van der Waals surface area contributed by atoms with E-state index in [2.05, 4.69) is 15.4 Å². The average Bonchev–Trinajstić information content (AvgIpc) is 3.14. The van der Waals surface area contributed by atoms with E-state index in [1.54, 1.807) is 13.8 Å². The minimum Gasteiger partial charge on any atom is -0.408 e. The van der Waals surface area contributed by atoms with E-state index in [1.165, 1.54) is 4.31 Å². The van der Waals surface area contributed by atoms with E-state index in [-0.39, 0.29) is 4.90 Å². The molecule has 0 unspecified atom stereocenters. The zero-order valence-corrected chi connectivity index (χ0v) is 14.1. The van der Waals surface area contributed by atoms with Gasteiger partial charge in [-0.2, -0.15) is 4.31 Å². The molecular weight excluding hydrogens is 322 g/mol. The maximum atomic E-state index is 12.7. The van der Waals surface area contributed by atoms with Crippen molar-refractivity contribution in [3.8, 4) is 0 Å². The van der Waals surface area contributed by atoms with E-state index in [4.69, 9.17) is 8.94 Å². The van der Waals surface area contributed by atoms with Crippen LogP contribution in [0.3, 0.4) is 0 Å². The van der Waals surface area contributed by atoms with Crippen LogP contribution in [0.1, 0.15) is 24.3 Å². The maximum Gasteiger partial charge on any atom is 0.318 e. The number of nitrogens with zero attached hydrogens (tertiary/aromatic N) is 5. The van der Waals surface area contributed by atoms with Crippen LogP contribution in [0.2, 0.25) is 0 Å². The Kier molecular flexibility index (Phi) is 4.11. The molecule has 0 saturated carbocycles. The third kappa shape index (κ3) is 2.83. The van der Waals surface area contributed by atoms with Crippen LogP contribution in [0.25, 0.3) is 0 Å². The van der Waals surface area contributed by atoms with Gasteiger partial charge in [0.1, 0.15) is 10.6 Å². The molecule has 2 aromatic heterocycles. The van der Waals surface area contributed by atoms with Gasteiger partial charge in [-0.1, -0.05) is 17.2 Å². The highest BCUT2D eigenvalue weighted by Gasteiger charge is 2.34. The first-order valence-corrected chi connectivity index (χ1v) is 8.88. The molecule has 0 N–H and O–H groups in total. The van der Waals surface area contributed by atoms with Crippen molar-refractivity contribution in [1.82, 2.24) is 19.7 Å². The molecule has 0 spiro atoms. The second-order valence-corrected chi connectivity index (χ2v) is 7.25. The topological polar surface area (TPSA) is 106 Å². The summed E-state index contributed by atoms with van der Waals surface area (Å²) >= 11 is 0. The monoisotopic (exact) mass is 341 g/mol. The standard InChI is InChI=1S/C13H19N5O4S/c1-4-11-14-15-13(21-11)17-5-7-18(8-6-17)23(19,20)12-9(2)16-22-10(12)3/h4-8H2,1-3H3. The lowest BCUT2D eigenvalue weighted by Crippen LogP contribution is -2.49. The van der Waals surface area contributed by atoms with Crippen molar-refractivity contribution in [3.05, 3.63) is 17.3 Å². The minimum atomic E-state index is -3.60. The van der Waals surface area contributed by atoms with Gasteiger partial charge in [-0.15, -0.1) is 5.10 Å².